The van der Waals surface area contributed by atoms with E-state index < -0.39 is 0 Å². The molecule has 2 aromatic carbocycles. The molecule has 0 bridgehead atoms. The van der Waals surface area contributed by atoms with Gasteiger partial charge in [0.05, 0.1) is 0 Å². The lowest BCUT2D eigenvalue weighted by Crippen LogP contribution is -2.25. The van der Waals surface area contributed by atoms with Crippen LogP contribution in [0.4, 0.5) is 11.4 Å². The van der Waals surface area contributed by atoms with Gasteiger partial charge in [-0.25, -0.2) is 0 Å². The number of hydrogen-bond donors (Lipinski definition) is 3. The van der Waals surface area contributed by atoms with Crippen LogP contribution in [0.2, 0.25) is 0 Å². The molecular weight excluding hydrogens is 314 g/mol. The van der Waals surface area contributed by atoms with Crippen LogP contribution >= 0.6 is 0 Å². The monoisotopic (exact) mass is 339 g/mol. The predicted molar refractivity (Wildman–Crippen MR) is 102 cm³/mol. The fraction of sp³-hybridized carbons (Fsp3) is 0.300. The summed E-state index contributed by atoms with van der Waals surface area (Å²) in [5.74, 6) is -0.125. The van der Waals surface area contributed by atoms with Crippen LogP contribution in [0.15, 0.2) is 42.5 Å². The van der Waals surface area contributed by atoms with E-state index in [9.17, 15) is 9.59 Å². The minimum Gasteiger partial charge on any atom is -0.385 e. The van der Waals surface area contributed by atoms with Crippen LogP contribution < -0.4 is 16.0 Å². The lowest BCUT2D eigenvalue weighted by Gasteiger charge is -2.10. The SMILES string of the molecule is CC(=O)Nc1cccc(CNC(=O)CCNc2cc(C)cc(C)c2)c1. The minimum absolute atomic E-state index is 0.0122. The first kappa shape index (κ1) is 18.5. The summed E-state index contributed by atoms with van der Waals surface area (Å²) in [7, 11) is 0. The Morgan fingerprint density at radius 1 is 0.960 bits per heavy atom. The van der Waals surface area contributed by atoms with Crippen LogP contribution in [0.3, 0.4) is 0 Å². The molecule has 0 radical (unpaired) electrons. The quantitative estimate of drug-likeness (QED) is 0.724. The molecule has 0 aliphatic carbocycles. The van der Waals surface area contributed by atoms with Gasteiger partial charge >= 0.3 is 0 Å². The van der Waals surface area contributed by atoms with Gasteiger partial charge in [-0.05, 0) is 54.8 Å². The topological polar surface area (TPSA) is 70.2 Å². The minimum atomic E-state index is -0.112. The van der Waals surface area contributed by atoms with Gasteiger partial charge in [-0.3, -0.25) is 9.59 Å². The Labute approximate surface area is 148 Å². The first-order valence-electron chi connectivity index (χ1n) is 8.38. The summed E-state index contributed by atoms with van der Waals surface area (Å²) < 4.78 is 0. The summed E-state index contributed by atoms with van der Waals surface area (Å²) >= 11 is 0. The van der Waals surface area contributed by atoms with Gasteiger partial charge in [0.1, 0.15) is 0 Å². The molecule has 0 saturated heterocycles. The molecule has 25 heavy (non-hydrogen) atoms. The van der Waals surface area contributed by atoms with Crippen LogP contribution in [-0.4, -0.2) is 18.4 Å². The number of benzene rings is 2. The molecule has 2 aromatic rings. The molecule has 0 aliphatic heterocycles. The number of carbonyl (C=O) groups is 2. The van der Waals surface area contributed by atoms with Gasteiger partial charge in [-0.15, -0.1) is 0 Å². The highest BCUT2D eigenvalue weighted by Crippen LogP contribution is 2.13. The Kier molecular flexibility index (Phi) is 6.57. The zero-order chi connectivity index (χ0) is 18.2. The summed E-state index contributed by atoms with van der Waals surface area (Å²) in [6.45, 7) is 6.60. The van der Waals surface area contributed by atoms with Crippen LogP contribution in [0.1, 0.15) is 30.0 Å². The molecule has 0 atom stereocenters. The van der Waals surface area contributed by atoms with Crippen molar-refractivity contribution in [1.82, 2.24) is 5.32 Å². The fourth-order valence-electron chi connectivity index (χ4n) is 2.65. The van der Waals surface area contributed by atoms with Crippen LogP contribution in [0.5, 0.6) is 0 Å². The van der Waals surface area contributed by atoms with Crippen molar-refractivity contribution >= 4 is 23.2 Å². The molecule has 0 aromatic heterocycles. The summed E-state index contributed by atoms with van der Waals surface area (Å²) in [6.07, 6.45) is 0.401. The van der Waals surface area contributed by atoms with E-state index in [1.165, 1.54) is 18.1 Å². The highest BCUT2D eigenvalue weighted by Gasteiger charge is 2.03. The normalized spacial score (nSPS) is 10.2. The fourth-order valence-corrected chi connectivity index (χ4v) is 2.65. The van der Waals surface area contributed by atoms with E-state index in [2.05, 4.69) is 48.0 Å². The summed E-state index contributed by atoms with van der Waals surface area (Å²) in [5.41, 5.74) is 5.11. The molecule has 3 N–H and O–H groups in total. The van der Waals surface area contributed by atoms with Gasteiger partial charge < -0.3 is 16.0 Å². The van der Waals surface area contributed by atoms with Crippen molar-refractivity contribution in [3.05, 3.63) is 59.2 Å². The highest BCUT2D eigenvalue weighted by atomic mass is 16.2. The molecule has 0 unspecified atom stereocenters. The molecule has 5 nitrogen and oxygen atoms in total. The molecule has 0 saturated carbocycles. The number of anilines is 2. The van der Waals surface area contributed by atoms with Crippen molar-refractivity contribution < 1.29 is 9.59 Å². The Balaban J connectivity index is 1.76. The third-order valence-corrected chi connectivity index (χ3v) is 3.64. The van der Waals surface area contributed by atoms with E-state index >= 15 is 0 Å². The lowest BCUT2D eigenvalue weighted by molar-refractivity contribution is -0.121. The molecule has 0 spiro atoms. The van der Waals surface area contributed by atoms with Crippen molar-refractivity contribution in [3.8, 4) is 0 Å². The van der Waals surface area contributed by atoms with E-state index in [-0.39, 0.29) is 11.8 Å². The molecule has 132 valence electrons. The number of carbonyl (C=O) groups excluding carboxylic acids is 2. The number of rotatable bonds is 7. The average molecular weight is 339 g/mol. The molecule has 2 amide bonds. The zero-order valence-electron chi connectivity index (χ0n) is 15.0. The van der Waals surface area contributed by atoms with Crippen LogP contribution in [0, 0.1) is 13.8 Å². The van der Waals surface area contributed by atoms with Crippen LogP contribution in [0.25, 0.3) is 0 Å². The number of amides is 2. The molecule has 2 rings (SSSR count). The number of nitrogens with one attached hydrogen (secondary N) is 3. The van der Waals surface area contributed by atoms with Gasteiger partial charge in [0, 0.05) is 37.8 Å². The maximum Gasteiger partial charge on any atom is 0.222 e. The first-order chi connectivity index (χ1) is 11.9. The van der Waals surface area contributed by atoms with Gasteiger partial charge in [0.15, 0.2) is 0 Å². The standard InChI is InChI=1S/C20H25N3O2/c1-14-9-15(2)11-19(10-14)21-8-7-20(25)22-13-17-5-4-6-18(12-17)23-16(3)24/h4-6,9-12,21H,7-8,13H2,1-3H3,(H,22,25)(H,23,24). The third-order valence-electron chi connectivity index (χ3n) is 3.64. The molecular formula is C20H25N3O2. The predicted octanol–water partition coefficient (Wildman–Crippen LogP) is 3.38. The zero-order valence-corrected chi connectivity index (χ0v) is 15.0. The maximum atomic E-state index is 12.0. The van der Waals surface area contributed by atoms with Crippen molar-refractivity contribution in [3.63, 3.8) is 0 Å². The van der Waals surface area contributed by atoms with E-state index in [4.69, 9.17) is 0 Å². The summed E-state index contributed by atoms with van der Waals surface area (Å²) in [6, 6.07) is 13.7. The van der Waals surface area contributed by atoms with E-state index in [0.29, 0.717) is 19.5 Å². The van der Waals surface area contributed by atoms with E-state index in [1.807, 2.05) is 24.3 Å². The third kappa shape index (κ3) is 6.67. The van der Waals surface area contributed by atoms with Gasteiger partial charge in [-0.2, -0.15) is 0 Å². The summed E-state index contributed by atoms with van der Waals surface area (Å²) in [5, 5.41) is 8.91. The lowest BCUT2D eigenvalue weighted by atomic mass is 10.1. The second-order valence-electron chi connectivity index (χ2n) is 6.21. The summed E-state index contributed by atoms with van der Waals surface area (Å²) in [4.78, 5) is 23.1. The average Bonchev–Trinajstić information content (AvgIpc) is 2.52. The maximum absolute atomic E-state index is 12.0. The highest BCUT2D eigenvalue weighted by molar-refractivity contribution is 5.88. The molecule has 0 fully saturated rings. The Morgan fingerprint density at radius 2 is 1.68 bits per heavy atom. The first-order valence-corrected chi connectivity index (χ1v) is 8.38. The second kappa shape index (κ2) is 8.87. The van der Waals surface area contributed by atoms with Crippen LogP contribution in [-0.2, 0) is 16.1 Å². The molecule has 0 heterocycles. The van der Waals surface area contributed by atoms with Crippen molar-refractivity contribution in [2.75, 3.05) is 17.2 Å². The van der Waals surface area contributed by atoms with Crippen molar-refractivity contribution in [2.24, 2.45) is 0 Å². The number of aryl methyl sites for hydroxylation is 2. The Morgan fingerprint density at radius 3 is 2.36 bits per heavy atom. The Hall–Kier alpha value is -2.82. The number of hydrogen-bond acceptors (Lipinski definition) is 3. The van der Waals surface area contributed by atoms with Crippen molar-refractivity contribution in [2.45, 2.75) is 33.7 Å². The second-order valence-corrected chi connectivity index (χ2v) is 6.21. The molecule has 0 aliphatic rings. The Bertz CT molecular complexity index is 736. The van der Waals surface area contributed by atoms with Gasteiger partial charge in [-0.1, -0.05) is 18.2 Å². The van der Waals surface area contributed by atoms with Gasteiger partial charge in [0.25, 0.3) is 0 Å². The van der Waals surface area contributed by atoms with E-state index in [1.54, 1.807) is 0 Å². The van der Waals surface area contributed by atoms with Crippen molar-refractivity contribution in [1.29, 1.82) is 0 Å². The van der Waals surface area contributed by atoms with Gasteiger partial charge in [0.2, 0.25) is 11.8 Å². The molecule has 5 heteroatoms. The smallest absolute Gasteiger partial charge is 0.222 e. The largest absolute Gasteiger partial charge is 0.385 e. The van der Waals surface area contributed by atoms with E-state index in [0.717, 1.165) is 16.9 Å².